The molecule has 0 atom stereocenters. The van der Waals surface area contributed by atoms with Crippen LogP contribution >= 0.6 is 0 Å². The van der Waals surface area contributed by atoms with Gasteiger partial charge in [-0.25, -0.2) is 9.18 Å². The predicted molar refractivity (Wildman–Crippen MR) is 128 cm³/mol. The number of hydrogen-bond donors (Lipinski definition) is 1. The van der Waals surface area contributed by atoms with Crippen molar-refractivity contribution in [2.75, 3.05) is 43.0 Å². The zero-order chi connectivity index (χ0) is 24.8. The van der Waals surface area contributed by atoms with Crippen molar-refractivity contribution in [2.45, 2.75) is 0 Å². The van der Waals surface area contributed by atoms with E-state index >= 15 is 0 Å². The maximum Gasteiger partial charge on any atom is 0.338 e. The molecule has 1 heterocycles. The quantitative estimate of drug-likeness (QED) is 0.311. The van der Waals surface area contributed by atoms with E-state index in [9.17, 15) is 24.1 Å². The third kappa shape index (κ3) is 5.91. The van der Waals surface area contributed by atoms with Crippen LogP contribution in [0.3, 0.4) is 0 Å². The van der Waals surface area contributed by atoms with Crippen LogP contribution in [0.1, 0.15) is 10.4 Å². The van der Waals surface area contributed by atoms with Gasteiger partial charge in [0.15, 0.2) is 6.61 Å². The average Bonchev–Trinajstić information content (AvgIpc) is 2.88. The number of nitro groups is 1. The van der Waals surface area contributed by atoms with Crippen molar-refractivity contribution < 1.29 is 23.6 Å². The summed E-state index contributed by atoms with van der Waals surface area (Å²) in [6.07, 6.45) is 0. The predicted octanol–water partition coefficient (Wildman–Crippen LogP) is 3.98. The van der Waals surface area contributed by atoms with E-state index in [1.54, 1.807) is 41.3 Å². The molecule has 3 aromatic carbocycles. The molecule has 0 radical (unpaired) electrons. The van der Waals surface area contributed by atoms with Gasteiger partial charge in [0.25, 0.3) is 11.6 Å². The van der Waals surface area contributed by atoms with Gasteiger partial charge in [-0.1, -0.05) is 18.2 Å². The zero-order valence-electron chi connectivity index (χ0n) is 18.7. The van der Waals surface area contributed by atoms with Crippen LogP contribution in [0.15, 0.2) is 72.8 Å². The summed E-state index contributed by atoms with van der Waals surface area (Å²) in [5.74, 6) is -1.48. The number of hydrogen-bond acceptors (Lipinski definition) is 7. The van der Waals surface area contributed by atoms with Crippen LogP contribution in [-0.4, -0.2) is 54.5 Å². The smallest absolute Gasteiger partial charge is 0.338 e. The molecular formula is C25H23FN4O5. The van der Waals surface area contributed by atoms with Crippen LogP contribution in [0.2, 0.25) is 0 Å². The highest BCUT2D eigenvalue weighted by Gasteiger charge is 2.24. The minimum absolute atomic E-state index is 0.0239. The maximum absolute atomic E-state index is 13.1. The van der Waals surface area contributed by atoms with Crippen molar-refractivity contribution in [3.8, 4) is 0 Å². The first-order valence-corrected chi connectivity index (χ1v) is 11.0. The van der Waals surface area contributed by atoms with Crippen molar-refractivity contribution in [3.63, 3.8) is 0 Å². The summed E-state index contributed by atoms with van der Waals surface area (Å²) in [4.78, 5) is 39.6. The molecule has 1 aliphatic rings. The standard InChI is InChI=1S/C25H23FN4O5/c26-19-7-9-21(10-8-19)28-12-14-29(15-13-28)24(31)17-35-25(32)18-6-11-22(23(16-18)30(33)34)27-20-4-2-1-3-5-20/h1-11,16,27H,12-15,17H2. The molecule has 0 spiro atoms. The first-order valence-electron chi connectivity index (χ1n) is 11.0. The topological polar surface area (TPSA) is 105 Å². The Morgan fingerprint density at radius 2 is 1.66 bits per heavy atom. The largest absolute Gasteiger partial charge is 0.452 e. The Kier molecular flexibility index (Phi) is 7.20. The van der Waals surface area contributed by atoms with E-state index in [0.29, 0.717) is 31.9 Å². The van der Waals surface area contributed by atoms with Crippen LogP contribution in [-0.2, 0) is 9.53 Å². The molecule has 0 aliphatic carbocycles. The molecule has 1 N–H and O–H groups in total. The lowest BCUT2D eigenvalue weighted by Crippen LogP contribution is -2.49. The number of para-hydroxylation sites is 1. The molecule has 0 bridgehead atoms. The molecule has 0 saturated carbocycles. The first-order chi connectivity index (χ1) is 16.9. The van der Waals surface area contributed by atoms with Gasteiger partial charge in [-0.15, -0.1) is 0 Å². The number of benzene rings is 3. The highest BCUT2D eigenvalue weighted by molar-refractivity contribution is 5.93. The van der Waals surface area contributed by atoms with E-state index in [1.165, 1.54) is 24.3 Å². The Morgan fingerprint density at radius 3 is 2.31 bits per heavy atom. The van der Waals surface area contributed by atoms with Crippen molar-refractivity contribution in [1.29, 1.82) is 0 Å². The lowest BCUT2D eigenvalue weighted by Gasteiger charge is -2.36. The number of amides is 1. The number of ether oxygens (including phenoxy) is 1. The number of rotatable bonds is 7. The first kappa shape index (κ1) is 23.7. The van der Waals surface area contributed by atoms with Gasteiger partial charge in [-0.05, 0) is 48.5 Å². The SMILES string of the molecule is O=C(OCC(=O)N1CCN(c2ccc(F)cc2)CC1)c1ccc(Nc2ccccc2)c([N+](=O)[O-])c1. The Labute approximate surface area is 200 Å². The van der Waals surface area contributed by atoms with E-state index < -0.39 is 17.5 Å². The Balaban J connectivity index is 1.32. The van der Waals surface area contributed by atoms with Gasteiger partial charge in [0, 0.05) is 43.6 Å². The summed E-state index contributed by atoms with van der Waals surface area (Å²) in [5, 5.41) is 14.5. The van der Waals surface area contributed by atoms with Crippen LogP contribution in [0, 0.1) is 15.9 Å². The number of anilines is 3. The molecule has 1 amide bonds. The fourth-order valence-corrected chi connectivity index (χ4v) is 3.76. The Hall–Kier alpha value is -4.47. The Morgan fingerprint density at radius 1 is 0.971 bits per heavy atom. The van der Waals surface area contributed by atoms with Gasteiger partial charge >= 0.3 is 5.97 Å². The maximum atomic E-state index is 13.1. The minimum Gasteiger partial charge on any atom is -0.452 e. The summed E-state index contributed by atoms with van der Waals surface area (Å²) >= 11 is 0. The molecule has 1 saturated heterocycles. The minimum atomic E-state index is -0.822. The van der Waals surface area contributed by atoms with Crippen molar-refractivity contribution in [3.05, 3.63) is 94.3 Å². The molecule has 4 rings (SSSR count). The second kappa shape index (κ2) is 10.6. The lowest BCUT2D eigenvalue weighted by atomic mass is 10.1. The van der Waals surface area contributed by atoms with Crippen LogP contribution in [0.25, 0.3) is 0 Å². The molecule has 1 fully saturated rings. The normalized spacial score (nSPS) is 13.3. The van der Waals surface area contributed by atoms with E-state index in [-0.39, 0.29) is 28.7 Å². The molecule has 0 unspecified atom stereocenters. The van der Waals surface area contributed by atoms with Crippen LogP contribution < -0.4 is 10.2 Å². The molecular weight excluding hydrogens is 455 g/mol. The van der Waals surface area contributed by atoms with Gasteiger partial charge in [0.05, 0.1) is 10.5 Å². The number of nitrogens with zero attached hydrogens (tertiary/aromatic N) is 3. The van der Waals surface area contributed by atoms with Gasteiger partial charge in [0.2, 0.25) is 0 Å². The van der Waals surface area contributed by atoms with E-state index in [4.69, 9.17) is 4.74 Å². The number of carbonyl (C=O) groups is 2. The highest BCUT2D eigenvalue weighted by Crippen LogP contribution is 2.29. The zero-order valence-corrected chi connectivity index (χ0v) is 18.7. The monoisotopic (exact) mass is 478 g/mol. The molecule has 9 nitrogen and oxygen atoms in total. The molecule has 35 heavy (non-hydrogen) atoms. The van der Waals surface area contributed by atoms with Gasteiger partial charge in [0.1, 0.15) is 11.5 Å². The number of nitro benzene ring substituents is 1. The van der Waals surface area contributed by atoms with Gasteiger partial charge < -0.3 is 19.9 Å². The second-order valence-corrected chi connectivity index (χ2v) is 7.90. The summed E-state index contributed by atoms with van der Waals surface area (Å²) < 4.78 is 18.2. The molecule has 1 aliphatic heterocycles. The fourth-order valence-electron chi connectivity index (χ4n) is 3.76. The third-order valence-corrected chi connectivity index (χ3v) is 5.63. The van der Waals surface area contributed by atoms with E-state index in [2.05, 4.69) is 5.32 Å². The summed E-state index contributed by atoms with van der Waals surface area (Å²) in [6, 6.07) is 19.0. The van der Waals surface area contributed by atoms with Crippen molar-refractivity contribution in [1.82, 2.24) is 4.90 Å². The van der Waals surface area contributed by atoms with Crippen LogP contribution in [0.5, 0.6) is 0 Å². The second-order valence-electron chi connectivity index (χ2n) is 7.90. The number of carbonyl (C=O) groups excluding carboxylic acids is 2. The summed E-state index contributed by atoms with van der Waals surface area (Å²) in [5.41, 5.74) is 1.46. The summed E-state index contributed by atoms with van der Waals surface area (Å²) in [6.45, 7) is 1.52. The molecule has 180 valence electrons. The van der Waals surface area contributed by atoms with Gasteiger partial charge in [-0.2, -0.15) is 0 Å². The average molecular weight is 478 g/mol. The molecule has 10 heteroatoms. The number of esters is 1. The number of nitrogens with one attached hydrogen (secondary N) is 1. The number of piperazine rings is 1. The molecule has 3 aromatic rings. The Bertz CT molecular complexity index is 1210. The van der Waals surface area contributed by atoms with Crippen molar-refractivity contribution in [2.24, 2.45) is 0 Å². The summed E-state index contributed by atoms with van der Waals surface area (Å²) in [7, 11) is 0. The highest BCUT2D eigenvalue weighted by atomic mass is 19.1. The number of halogens is 1. The van der Waals surface area contributed by atoms with Crippen LogP contribution in [0.4, 0.5) is 27.1 Å². The lowest BCUT2D eigenvalue weighted by molar-refractivity contribution is -0.383. The third-order valence-electron chi connectivity index (χ3n) is 5.63. The van der Waals surface area contributed by atoms with E-state index in [0.717, 1.165) is 11.8 Å². The molecule has 0 aromatic heterocycles. The van der Waals surface area contributed by atoms with Gasteiger partial charge in [-0.3, -0.25) is 14.9 Å². The van der Waals surface area contributed by atoms with Crippen molar-refractivity contribution >= 4 is 34.6 Å². The fraction of sp³-hybridized carbons (Fsp3) is 0.200. The van der Waals surface area contributed by atoms with E-state index in [1.807, 2.05) is 11.0 Å².